The van der Waals surface area contributed by atoms with Crippen molar-refractivity contribution < 1.29 is 4.74 Å². The normalized spacial score (nSPS) is 18.2. The third kappa shape index (κ3) is 4.92. The van der Waals surface area contributed by atoms with E-state index in [0.29, 0.717) is 6.04 Å². The van der Waals surface area contributed by atoms with Crippen LogP contribution in [-0.2, 0) is 11.3 Å². The number of hydrogen-bond donors (Lipinski definition) is 1. The largest absolute Gasteiger partial charge is 0.375 e. The molecule has 0 saturated carbocycles. The summed E-state index contributed by atoms with van der Waals surface area (Å²) in [5.74, 6) is 0.851. The van der Waals surface area contributed by atoms with Gasteiger partial charge < -0.3 is 10.1 Å². The van der Waals surface area contributed by atoms with Gasteiger partial charge in [-0.2, -0.15) is 0 Å². The molecule has 0 radical (unpaired) electrons. The number of unbranched alkanes of at least 4 members (excludes halogenated alkanes) is 3. The Morgan fingerprint density at radius 2 is 1.95 bits per heavy atom. The summed E-state index contributed by atoms with van der Waals surface area (Å²) >= 11 is 0. The van der Waals surface area contributed by atoms with Gasteiger partial charge in [-0.1, -0.05) is 63.8 Å². The third-order valence-electron chi connectivity index (χ3n) is 4.07. The predicted octanol–water partition coefficient (Wildman–Crippen LogP) is 4.45. The number of nitrogens with one attached hydrogen (secondary N) is 1. The standard InChI is InChI=1S/C18H29NO/c1-15(2)9-5-3-4-8-12-19-18-14-20-13-16-10-6-7-11-17(16)18/h6-7,10-11,15,18-19H,3-5,8-9,12-14H2,1-2H3. The fourth-order valence-electron chi connectivity index (χ4n) is 2.86. The minimum atomic E-state index is 0.385. The van der Waals surface area contributed by atoms with Crippen LogP contribution in [0.15, 0.2) is 24.3 Å². The van der Waals surface area contributed by atoms with E-state index >= 15 is 0 Å². The van der Waals surface area contributed by atoms with Gasteiger partial charge in [-0.25, -0.2) is 0 Å². The van der Waals surface area contributed by atoms with Gasteiger partial charge in [0.15, 0.2) is 0 Å². The van der Waals surface area contributed by atoms with Gasteiger partial charge in [0.1, 0.15) is 0 Å². The summed E-state index contributed by atoms with van der Waals surface area (Å²) in [6.45, 7) is 7.29. The van der Waals surface area contributed by atoms with Crippen LogP contribution >= 0.6 is 0 Å². The highest BCUT2D eigenvalue weighted by Crippen LogP contribution is 2.24. The molecular formula is C18H29NO. The summed E-state index contributed by atoms with van der Waals surface area (Å²) in [7, 11) is 0. The average Bonchev–Trinajstić information content (AvgIpc) is 2.46. The van der Waals surface area contributed by atoms with Crippen LogP contribution in [-0.4, -0.2) is 13.2 Å². The van der Waals surface area contributed by atoms with Gasteiger partial charge in [0, 0.05) is 0 Å². The second kappa shape index (κ2) is 8.43. The minimum Gasteiger partial charge on any atom is -0.375 e. The predicted molar refractivity (Wildman–Crippen MR) is 84.8 cm³/mol. The molecule has 2 heteroatoms. The Balaban J connectivity index is 1.63. The molecule has 1 N–H and O–H groups in total. The van der Waals surface area contributed by atoms with Crippen molar-refractivity contribution in [2.45, 2.75) is 58.6 Å². The van der Waals surface area contributed by atoms with Crippen molar-refractivity contribution in [3.05, 3.63) is 35.4 Å². The first-order chi connectivity index (χ1) is 9.77. The number of hydrogen-bond acceptors (Lipinski definition) is 2. The second-order valence-electron chi connectivity index (χ2n) is 6.32. The Labute approximate surface area is 123 Å². The molecule has 1 heterocycles. The van der Waals surface area contributed by atoms with Gasteiger partial charge >= 0.3 is 0 Å². The van der Waals surface area contributed by atoms with Crippen LogP contribution in [0.4, 0.5) is 0 Å². The van der Waals surface area contributed by atoms with Crippen molar-refractivity contribution in [2.24, 2.45) is 5.92 Å². The van der Waals surface area contributed by atoms with Crippen molar-refractivity contribution in [3.8, 4) is 0 Å². The molecule has 1 aliphatic heterocycles. The smallest absolute Gasteiger partial charge is 0.0721 e. The molecule has 1 aromatic rings. The van der Waals surface area contributed by atoms with Gasteiger partial charge in [-0.05, 0) is 30.0 Å². The Bertz CT molecular complexity index is 389. The van der Waals surface area contributed by atoms with Gasteiger partial charge in [0.25, 0.3) is 0 Å². The number of rotatable bonds is 8. The van der Waals surface area contributed by atoms with Crippen LogP contribution in [0.3, 0.4) is 0 Å². The SMILES string of the molecule is CC(C)CCCCCCNC1COCc2ccccc21. The zero-order valence-corrected chi connectivity index (χ0v) is 13.0. The van der Waals surface area contributed by atoms with E-state index in [9.17, 15) is 0 Å². The van der Waals surface area contributed by atoms with E-state index in [1.54, 1.807) is 0 Å². The molecule has 0 saturated heterocycles. The molecule has 20 heavy (non-hydrogen) atoms. The Kier molecular flexibility index (Phi) is 6.55. The van der Waals surface area contributed by atoms with E-state index < -0.39 is 0 Å². The molecule has 112 valence electrons. The zero-order chi connectivity index (χ0) is 14.2. The van der Waals surface area contributed by atoms with E-state index in [1.165, 1.54) is 43.2 Å². The highest BCUT2D eigenvalue weighted by atomic mass is 16.5. The average molecular weight is 275 g/mol. The van der Waals surface area contributed by atoms with Crippen molar-refractivity contribution in [1.29, 1.82) is 0 Å². The Hall–Kier alpha value is -0.860. The van der Waals surface area contributed by atoms with Crippen molar-refractivity contribution in [3.63, 3.8) is 0 Å². The molecule has 1 atom stereocenters. The maximum atomic E-state index is 5.67. The van der Waals surface area contributed by atoms with Gasteiger partial charge in [-0.15, -0.1) is 0 Å². The maximum Gasteiger partial charge on any atom is 0.0721 e. The lowest BCUT2D eigenvalue weighted by Crippen LogP contribution is -2.30. The first-order valence-electron chi connectivity index (χ1n) is 8.16. The fraction of sp³-hybridized carbons (Fsp3) is 0.667. The van der Waals surface area contributed by atoms with Crippen LogP contribution in [0, 0.1) is 5.92 Å². The van der Waals surface area contributed by atoms with Crippen LogP contribution in [0.25, 0.3) is 0 Å². The highest BCUT2D eigenvalue weighted by Gasteiger charge is 2.19. The quantitative estimate of drug-likeness (QED) is 0.708. The van der Waals surface area contributed by atoms with E-state index in [4.69, 9.17) is 4.74 Å². The van der Waals surface area contributed by atoms with Crippen LogP contribution in [0.2, 0.25) is 0 Å². The fourth-order valence-corrected chi connectivity index (χ4v) is 2.86. The van der Waals surface area contributed by atoms with E-state index in [0.717, 1.165) is 25.7 Å². The van der Waals surface area contributed by atoms with E-state index in [2.05, 4.69) is 43.4 Å². The van der Waals surface area contributed by atoms with Crippen LogP contribution < -0.4 is 5.32 Å². The summed E-state index contributed by atoms with van der Waals surface area (Å²) < 4.78 is 5.67. The van der Waals surface area contributed by atoms with Crippen molar-refractivity contribution in [2.75, 3.05) is 13.2 Å². The zero-order valence-electron chi connectivity index (χ0n) is 13.0. The molecule has 0 aromatic heterocycles. The molecule has 0 spiro atoms. The minimum absolute atomic E-state index is 0.385. The van der Waals surface area contributed by atoms with Gasteiger partial charge in [0.2, 0.25) is 0 Å². The van der Waals surface area contributed by atoms with Gasteiger partial charge in [-0.3, -0.25) is 0 Å². The van der Waals surface area contributed by atoms with Crippen molar-refractivity contribution >= 4 is 0 Å². The number of benzene rings is 1. The highest BCUT2D eigenvalue weighted by molar-refractivity contribution is 5.30. The third-order valence-corrected chi connectivity index (χ3v) is 4.07. The topological polar surface area (TPSA) is 21.3 Å². The number of fused-ring (bicyclic) bond motifs is 1. The summed E-state index contributed by atoms with van der Waals surface area (Å²) in [5, 5.41) is 3.65. The van der Waals surface area contributed by atoms with Crippen LogP contribution in [0.1, 0.15) is 63.1 Å². The Morgan fingerprint density at radius 3 is 2.80 bits per heavy atom. The summed E-state index contributed by atoms with van der Waals surface area (Å²) in [6, 6.07) is 9.02. The summed E-state index contributed by atoms with van der Waals surface area (Å²) in [6.07, 6.45) is 6.74. The molecule has 1 aliphatic rings. The second-order valence-corrected chi connectivity index (χ2v) is 6.32. The van der Waals surface area contributed by atoms with E-state index in [-0.39, 0.29) is 0 Å². The first-order valence-corrected chi connectivity index (χ1v) is 8.16. The molecule has 2 nitrogen and oxygen atoms in total. The molecular weight excluding hydrogens is 246 g/mol. The lowest BCUT2D eigenvalue weighted by molar-refractivity contribution is 0.0821. The molecule has 0 bridgehead atoms. The number of ether oxygens (including phenoxy) is 1. The van der Waals surface area contributed by atoms with Gasteiger partial charge in [0.05, 0.1) is 19.3 Å². The van der Waals surface area contributed by atoms with E-state index in [1.807, 2.05) is 0 Å². The molecule has 1 aromatic carbocycles. The lowest BCUT2D eigenvalue weighted by Gasteiger charge is -2.26. The molecule has 0 fully saturated rings. The first kappa shape index (κ1) is 15.5. The molecule has 0 aliphatic carbocycles. The lowest BCUT2D eigenvalue weighted by atomic mass is 9.99. The van der Waals surface area contributed by atoms with Crippen molar-refractivity contribution in [1.82, 2.24) is 5.32 Å². The maximum absolute atomic E-state index is 5.67. The Morgan fingerprint density at radius 1 is 1.15 bits per heavy atom. The molecule has 2 rings (SSSR count). The summed E-state index contributed by atoms with van der Waals surface area (Å²) in [4.78, 5) is 0. The molecule has 0 amide bonds. The van der Waals surface area contributed by atoms with Crippen LogP contribution in [0.5, 0.6) is 0 Å². The summed E-state index contributed by atoms with van der Waals surface area (Å²) in [5.41, 5.74) is 2.77. The molecule has 1 unspecified atom stereocenters. The monoisotopic (exact) mass is 275 g/mol.